The van der Waals surface area contributed by atoms with Gasteiger partial charge in [0.25, 0.3) is 0 Å². The number of benzene rings is 1. The van der Waals surface area contributed by atoms with E-state index in [1.165, 1.54) is 6.07 Å². The number of hydrogen-bond acceptors (Lipinski definition) is 2. The van der Waals surface area contributed by atoms with Crippen molar-refractivity contribution in [2.75, 3.05) is 6.54 Å². The molecule has 1 aromatic carbocycles. The summed E-state index contributed by atoms with van der Waals surface area (Å²) in [7, 11) is 0. The average Bonchev–Trinajstić information content (AvgIpc) is 2.14. The first-order chi connectivity index (χ1) is 7.40. The van der Waals surface area contributed by atoms with Crippen LogP contribution in [0.1, 0.15) is 12.0 Å². The van der Waals surface area contributed by atoms with Gasteiger partial charge >= 0.3 is 6.18 Å². The topological polar surface area (TPSA) is 32.3 Å². The van der Waals surface area contributed by atoms with Gasteiger partial charge in [-0.1, -0.05) is 17.7 Å². The van der Waals surface area contributed by atoms with E-state index in [0.717, 1.165) is 0 Å². The van der Waals surface area contributed by atoms with Crippen molar-refractivity contribution < 1.29 is 18.3 Å². The number of phenolic OH excluding ortho intramolecular Hbond substituents is 1. The summed E-state index contributed by atoms with van der Waals surface area (Å²) in [5, 5.41) is 12.3. The van der Waals surface area contributed by atoms with E-state index in [-0.39, 0.29) is 18.8 Å². The van der Waals surface area contributed by atoms with Gasteiger partial charge in [-0.05, 0) is 12.1 Å². The van der Waals surface area contributed by atoms with Gasteiger partial charge in [-0.3, -0.25) is 0 Å². The maximum absolute atomic E-state index is 11.8. The van der Waals surface area contributed by atoms with Crippen molar-refractivity contribution in [2.24, 2.45) is 0 Å². The summed E-state index contributed by atoms with van der Waals surface area (Å²) >= 11 is 5.78. The van der Waals surface area contributed by atoms with Gasteiger partial charge in [0.05, 0.1) is 6.42 Å². The molecule has 1 rings (SSSR count). The third kappa shape index (κ3) is 4.28. The summed E-state index contributed by atoms with van der Waals surface area (Å²) in [5.41, 5.74) is 0.409. The van der Waals surface area contributed by atoms with Crippen molar-refractivity contribution in [3.8, 4) is 5.75 Å². The third-order valence-electron chi connectivity index (χ3n) is 1.98. The monoisotopic (exact) mass is 253 g/mol. The number of phenols is 1. The number of rotatable bonds is 4. The first kappa shape index (κ1) is 13.1. The van der Waals surface area contributed by atoms with Gasteiger partial charge in [0.2, 0.25) is 0 Å². The largest absolute Gasteiger partial charge is 0.508 e. The zero-order valence-electron chi connectivity index (χ0n) is 8.31. The molecule has 0 aliphatic carbocycles. The van der Waals surface area contributed by atoms with Crippen LogP contribution >= 0.6 is 11.6 Å². The Bertz CT molecular complexity index is 334. The Hall–Kier alpha value is -0.940. The SMILES string of the molecule is Oc1cccc(Cl)c1CNCCC(F)(F)F. The predicted octanol–water partition coefficient (Wildman–Crippen LogP) is 3.09. The minimum atomic E-state index is -4.17. The molecule has 0 heterocycles. The molecular formula is C10H11ClF3NO. The quantitative estimate of drug-likeness (QED) is 0.809. The van der Waals surface area contributed by atoms with Crippen LogP contribution in [-0.4, -0.2) is 17.8 Å². The Morgan fingerprint density at radius 2 is 2.00 bits per heavy atom. The molecule has 1 aromatic rings. The van der Waals surface area contributed by atoms with Crippen LogP contribution in [0.15, 0.2) is 18.2 Å². The summed E-state index contributed by atoms with van der Waals surface area (Å²) < 4.78 is 35.5. The molecule has 0 bridgehead atoms. The zero-order valence-corrected chi connectivity index (χ0v) is 9.07. The highest BCUT2D eigenvalue weighted by atomic mass is 35.5. The highest BCUT2D eigenvalue weighted by molar-refractivity contribution is 6.31. The molecule has 0 amide bonds. The lowest BCUT2D eigenvalue weighted by Gasteiger charge is -2.09. The second-order valence-corrected chi connectivity index (χ2v) is 3.69. The first-order valence-corrected chi connectivity index (χ1v) is 5.02. The number of nitrogens with one attached hydrogen (secondary N) is 1. The van der Waals surface area contributed by atoms with Gasteiger partial charge in [0, 0.05) is 23.7 Å². The molecule has 0 saturated carbocycles. The van der Waals surface area contributed by atoms with Crippen LogP contribution < -0.4 is 5.32 Å². The van der Waals surface area contributed by atoms with E-state index in [0.29, 0.717) is 10.6 Å². The van der Waals surface area contributed by atoms with E-state index in [1.807, 2.05) is 0 Å². The highest BCUT2D eigenvalue weighted by Crippen LogP contribution is 2.25. The standard InChI is InChI=1S/C10H11ClF3NO/c11-8-2-1-3-9(16)7(8)6-15-5-4-10(12,13)14/h1-3,15-16H,4-6H2. The fourth-order valence-electron chi connectivity index (χ4n) is 1.17. The Kier molecular flexibility index (Phi) is 4.44. The van der Waals surface area contributed by atoms with E-state index in [4.69, 9.17) is 11.6 Å². The number of hydrogen-bond donors (Lipinski definition) is 2. The Balaban J connectivity index is 2.43. The van der Waals surface area contributed by atoms with Crippen LogP contribution in [0, 0.1) is 0 Å². The lowest BCUT2D eigenvalue weighted by Crippen LogP contribution is -2.21. The number of halogens is 4. The molecule has 0 aliphatic rings. The van der Waals surface area contributed by atoms with Crippen LogP contribution in [0.3, 0.4) is 0 Å². The fraction of sp³-hybridized carbons (Fsp3) is 0.400. The molecule has 0 radical (unpaired) electrons. The zero-order chi connectivity index (χ0) is 12.2. The van der Waals surface area contributed by atoms with Crippen molar-refractivity contribution in [3.05, 3.63) is 28.8 Å². The van der Waals surface area contributed by atoms with Gasteiger partial charge in [-0.15, -0.1) is 0 Å². The van der Waals surface area contributed by atoms with E-state index < -0.39 is 12.6 Å². The first-order valence-electron chi connectivity index (χ1n) is 4.64. The van der Waals surface area contributed by atoms with Crippen LogP contribution in [0.2, 0.25) is 5.02 Å². The van der Waals surface area contributed by atoms with E-state index >= 15 is 0 Å². The van der Waals surface area contributed by atoms with Gasteiger partial charge in [-0.25, -0.2) is 0 Å². The number of alkyl halides is 3. The van der Waals surface area contributed by atoms with Crippen LogP contribution in [-0.2, 0) is 6.54 Å². The third-order valence-corrected chi connectivity index (χ3v) is 2.34. The fourth-order valence-corrected chi connectivity index (χ4v) is 1.40. The van der Waals surface area contributed by atoms with Gasteiger partial charge in [0.1, 0.15) is 5.75 Å². The summed E-state index contributed by atoms with van der Waals surface area (Å²) in [5.74, 6) is -0.0213. The van der Waals surface area contributed by atoms with Crippen molar-refractivity contribution in [1.29, 1.82) is 0 Å². The molecule has 0 atom stereocenters. The second kappa shape index (κ2) is 5.41. The summed E-state index contributed by atoms with van der Waals surface area (Å²) in [6.45, 7) is -0.0875. The molecule has 2 nitrogen and oxygen atoms in total. The molecule has 0 spiro atoms. The van der Waals surface area contributed by atoms with Crippen LogP contribution in [0.4, 0.5) is 13.2 Å². The second-order valence-electron chi connectivity index (χ2n) is 3.28. The van der Waals surface area contributed by atoms with Gasteiger partial charge in [-0.2, -0.15) is 13.2 Å². The Morgan fingerprint density at radius 3 is 2.56 bits per heavy atom. The summed E-state index contributed by atoms with van der Waals surface area (Å²) in [6.07, 6.45) is -5.08. The van der Waals surface area contributed by atoms with Crippen LogP contribution in [0.25, 0.3) is 0 Å². The molecule has 6 heteroatoms. The molecule has 0 unspecified atom stereocenters. The minimum Gasteiger partial charge on any atom is -0.508 e. The van der Waals surface area contributed by atoms with Gasteiger partial charge in [0.15, 0.2) is 0 Å². The minimum absolute atomic E-state index is 0.0213. The van der Waals surface area contributed by atoms with Crippen molar-refractivity contribution in [2.45, 2.75) is 19.1 Å². The van der Waals surface area contributed by atoms with Gasteiger partial charge < -0.3 is 10.4 Å². The molecule has 0 aliphatic heterocycles. The Labute approximate surface area is 96.0 Å². The molecule has 0 aromatic heterocycles. The van der Waals surface area contributed by atoms with Crippen molar-refractivity contribution >= 4 is 11.6 Å². The average molecular weight is 254 g/mol. The molecule has 16 heavy (non-hydrogen) atoms. The predicted molar refractivity (Wildman–Crippen MR) is 55.5 cm³/mol. The lowest BCUT2D eigenvalue weighted by atomic mass is 10.2. The van der Waals surface area contributed by atoms with Crippen LogP contribution in [0.5, 0.6) is 5.75 Å². The highest BCUT2D eigenvalue weighted by Gasteiger charge is 2.25. The summed E-state index contributed by atoms with van der Waals surface area (Å²) in [4.78, 5) is 0. The maximum atomic E-state index is 11.8. The molecule has 2 N–H and O–H groups in total. The van der Waals surface area contributed by atoms with E-state index in [1.54, 1.807) is 12.1 Å². The van der Waals surface area contributed by atoms with E-state index in [9.17, 15) is 18.3 Å². The number of aromatic hydroxyl groups is 1. The molecule has 0 fully saturated rings. The van der Waals surface area contributed by atoms with Crippen molar-refractivity contribution in [3.63, 3.8) is 0 Å². The summed E-state index contributed by atoms with van der Waals surface area (Å²) in [6, 6.07) is 4.57. The Morgan fingerprint density at radius 1 is 1.31 bits per heavy atom. The molecule has 0 saturated heterocycles. The normalized spacial score (nSPS) is 11.8. The lowest BCUT2D eigenvalue weighted by molar-refractivity contribution is -0.133. The van der Waals surface area contributed by atoms with E-state index in [2.05, 4.69) is 5.32 Å². The maximum Gasteiger partial charge on any atom is 0.390 e. The smallest absolute Gasteiger partial charge is 0.390 e. The van der Waals surface area contributed by atoms with Crippen molar-refractivity contribution in [1.82, 2.24) is 5.32 Å². The molecule has 90 valence electrons. The molecular weight excluding hydrogens is 243 g/mol.